The molecule has 0 saturated carbocycles. The third kappa shape index (κ3) is 3.07. The number of amides is 1. The highest BCUT2D eigenvalue weighted by atomic mass is 16.1. The monoisotopic (exact) mass is 218 g/mol. The molecule has 3 nitrogen and oxygen atoms in total. The number of anilines is 1. The number of benzene rings is 1. The first kappa shape index (κ1) is 11.1. The van der Waals surface area contributed by atoms with Crippen LogP contribution in [0, 0.1) is 5.92 Å². The maximum absolute atomic E-state index is 10.9. The summed E-state index contributed by atoms with van der Waals surface area (Å²) in [6, 6.07) is 8.13. The van der Waals surface area contributed by atoms with Crippen LogP contribution in [-0.2, 0) is 11.2 Å². The SMILES string of the molecule is CC(=O)Nc1cccc(CC2CCNC2)c1. The lowest BCUT2D eigenvalue weighted by Crippen LogP contribution is -2.11. The summed E-state index contributed by atoms with van der Waals surface area (Å²) in [6.45, 7) is 3.79. The van der Waals surface area contributed by atoms with Crippen molar-refractivity contribution in [3.8, 4) is 0 Å². The van der Waals surface area contributed by atoms with Gasteiger partial charge in [0, 0.05) is 12.6 Å². The minimum absolute atomic E-state index is 0.0142. The van der Waals surface area contributed by atoms with E-state index in [1.54, 1.807) is 0 Å². The molecular weight excluding hydrogens is 200 g/mol. The van der Waals surface area contributed by atoms with Gasteiger partial charge in [-0.25, -0.2) is 0 Å². The van der Waals surface area contributed by atoms with Crippen LogP contribution < -0.4 is 10.6 Å². The zero-order chi connectivity index (χ0) is 11.4. The number of rotatable bonds is 3. The van der Waals surface area contributed by atoms with Crippen molar-refractivity contribution in [2.75, 3.05) is 18.4 Å². The molecule has 1 heterocycles. The first-order chi connectivity index (χ1) is 7.74. The van der Waals surface area contributed by atoms with Gasteiger partial charge in [0.1, 0.15) is 0 Å². The van der Waals surface area contributed by atoms with E-state index in [0.29, 0.717) is 0 Å². The van der Waals surface area contributed by atoms with Crippen LogP contribution in [0.15, 0.2) is 24.3 Å². The standard InChI is InChI=1S/C13H18N2O/c1-10(16)15-13-4-2-3-11(8-13)7-12-5-6-14-9-12/h2-4,8,12,14H,5-7,9H2,1H3,(H,15,16). The molecule has 1 fully saturated rings. The minimum atomic E-state index is -0.0142. The second-order valence-corrected chi connectivity index (χ2v) is 4.44. The first-order valence-corrected chi connectivity index (χ1v) is 5.81. The van der Waals surface area contributed by atoms with E-state index < -0.39 is 0 Å². The highest BCUT2D eigenvalue weighted by Gasteiger charge is 2.14. The van der Waals surface area contributed by atoms with E-state index in [9.17, 15) is 4.79 Å². The fraction of sp³-hybridized carbons (Fsp3) is 0.462. The van der Waals surface area contributed by atoms with Gasteiger partial charge >= 0.3 is 0 Å². The van der Waals surface area contributed by atoms with Gasteiger partial charge in [-0.15, -0.1) is 0 Å². The summed E-state index contributed by atoms with van der Waals surface area (Å²) in [5.41, 5.74) is 2.20. The van der Waals surface area contributed by atoms with Gasteiger partial charge < -0.3 is 10.6 Å². The Morgan fingerprint density at radius 1 is 1.56 bits per heavy atom. The van der Waals surface area contributed by atoms with Gasteiger partial charge in [0.2, 0.25) is 5.91 Å². The average Bonchev–Trinajstić information content (AvgIpc) is 2.70. The van der Waals surface area contributed by atoms with E-state index in [2.05, 4.69) is 22.8 Å². The molecule has 0 aromatic heterocycles. The van der Waals surface area contributed by atoms with Crippen LogP contribution in [0.5, 0.6) is 0 Å². The number of hydrogen-bond donors (Lipinski definition) is 2. The van der Waals surface area contributed by atoms with Crippen LogP contribution in [0.25, 0.3) is 0 Å². The van der Waals surface area contributed by atoms with Crippen LogP contribution in [0.2, 0.25) is 0 Å². The van der Waals surface area contributed by atoms with Crippen molar-refractivity contribution in [2.24, 2.45) is 5.92 Å². The number of hydrogen-bond acceptors (Lipinski definition) is 2. The Balaban J connectivity index is 2.00. The predicted octanol–water partition coefficient (Wildman–Crippen LogP) is 1.80. The molecule has 1 amide bonds. The molecule has 86 valence electrons. The van der Waals surface area contributed by atoms with E-state index in [0.717, 1.165) is 31.1 Å². The van der Waals surface area contributed by atoms with Gasteiger partial charge in [-0.1, -0.05) is 12.1 Å². The third-order valence-electron chi connectivity index (χ3n) is 2.93. The normalized spacial score (nSPS) is 19.7. The van der Waals surface area contributed by atoms with Gasteiger partial charge in [-0.05, 0) is 49.5 Å². The van der Waals surface area contributed by atoms with Crippen LogP contribution in [-0.4, -0.2) is 19.0 Å². The lowest BCUT2D eigenvalue weighted by atomic mass is 9.98. The predicted molar refractivity (Wildman–Crippen MR) is 65.4 cm³/mol. The van der Waals surface area contributed by atoms with Crippen molar-refractivity contribution in [1.29, 1.82) is 0 Å². The van der Waals surface area contributed by atoms with Gasteiger partial charge in [-0.3, -0.25) is 4.79 Å². The molecular formula is C13H18N2O. The van der Waals surface area contributed by atoms with Crippen molar-refractivity contribution in [1.82, 2.24) is 5.32 Å². The molecule has 1 atom stereocenters. The summed E-state index contributed by atoms with van der Waals surface area (Å²) < 4.78 is 0. The summed E-state index contributed by atoms with van der Waals surface area (Å²) in [4.78, 5) is 10.9. The zero-order valence-corrected chi connectivity index (χ0v) is 9.62. The first-order valence-electron chi connectivity index (χ1n) is 5.81. The Hall–Kier alpha value is -1.35. The molecule has 1 saturated heterocycles. The summed E-state index contributed by atoms with van der Waals surface area (Å²) in [5.74, 6) is 0.729. The molecule has 1 aromatic carbocycles. The van der Waals surface area contributed by atoms with E-state index in [4.69, 9.17) is 0 Å². The minimum Gasteiger partial charge on any atom is -0.326 e. The Bertz CT molecular complexity index is 370. The summed E-state index contributed by atoms with van der Waals surface area (Å²) >= 11 is 0. The van der Waals surface area contributed by atoms with E-state index in [1.807, 2.05) is 12.1 Å². The molecule has 16 heavy (non-hydrogen) atoms. The van der Waals surface area contributed by atoms with Crippen molar-refractivity contribution in [3.63, 3.8) is 0 Å². The van der Waals surface area contributed by atoms with E-state index in [-0.39, 0.29) is 5.91 Å². The molecule has 2 N–H and O–H groups in total. The topological polar surface area (TPSA) is 41.1 Å². The van der Waals surface area contributed by atoms with Gasteiger partial charge in [-0.2, -0.15) is 0 Å². The molecule has 1 aliphatic rings. The second kappa shape index (κ2) is 5.12. The maximum atomic E-state index is 10.9. The van der Waals surface area contributed by atoms with Crippen molar-refractivity contribution in [2.45, 2.75) is 19.8 Å². The van der Waals surface area contributed by atoms with Crippen LogP contribution in [0.4, 0.5) is 5.69 Å². The largest absolute Gasteiger partial charge is 0.326 e. The summed E-state index contributed by atoms with van der Waals surface area (Å²) in [6.07, 6.45) is 2.35. The van der Waals surface area contributed by atoms with Gasteiger partial charge in [0.25, 0.3) is 0 Å². The smallest absolute Gasteiger partial charge is 0.221 e. The fourth-order valence-corrected chi connectivity index (χ4v) is 2.20. The molecule has 0 spiro atoms. The zero-order valence-electron chi connectivity index (χ0n) is 9.62. The quantitative estimate of drug-likeness (QED) is 0.812. The van der Waals surface area contributed by atoms with Crippen molar-refractivity contribution in [3.05, 3.63) is 29.8 Å². The molecule has 0 radical (unpaired) electrons. The van der Waals surface area contributed by atoms with Crippen molar-refractivity contribution < 1.29 is 4.79 Å². The fourth-order valence-electron chi connectivity index (χ4n) is 2.20. The third-order valence-corrected chi connectivity index (χ3v) is 2.93. The van der Waals surface area contributed by atoms with Crippen LogP contribution >= 0.6 is 0 Å². The Kier molecular flexibility index (Phi) is 3.57. The second-order valence-electron chi connectivity index (χ2n) is 4.44. The van der Waals surface area contributed by atoms with Gasteiger partial charge in [0.15, 0.2) is 0 Å². The molecule has 1 unspecified atom stereocenters. The molecule has 2 rings (SSSR count). The lowest BCUT2D eigenvalue weighted by molar-refractivity contribution is -0.114. The maximum Gasteiger partial charge on any atom is 0.221 e. The molecule has 3 heteroatoms. The van der Waals surface area contributed by atoms with E-state index >= 15 is 0 Å². The van der Waals surface area contributed by atoms with Crippen molar-refractivity contribution >= 4 is 11.6 Å². The molecule has 0 aliphatic carbocycles. The highest BCUT2D eigenvalue weighted by Crippen LogP contribution is 2.18. The van der Waals surface area contributed by atoms with Crippen LogP contribution in [0.3, 0.4) is 0 Å². The number of carbonyl (C=O) groups excluding carboxylic acids is 1. The number of nitrogens with one attached hydrogen (secondary N) is 2. The lowest BCUT2D eigenvalue weighted by Gasteiger charge is -2.09. The van der Waals surface area contributed by atoms with Gasteiger partial charge in [0.05, 0.1) is 0 Å². The highest BCUT2D eigenvalue weighted by molar-refractivity contribution is 5.88. The van der Waals surface area contributed by atoms with Crippen LogP contribution in [0.1, 0.15) is 18.9 Å². The summed E-state index contributed by atoms with van der Waals surface area (Å²) in [5, 5.41) is 6.19. The average molecular weight is 218 g/mol. The molecule has 0 bridgehead atoms. The van der Waals surface area contributed by atoms with E-state index in [1.165, 1.54) is 18.9 Å². The molecule has 1 aliphatic heterocycles. The molecule has 1 aromatic rings. The number of carbonyl (C=O) groups is 1. The Morgan fingerprint density at radius 3 is 3.12 bits per heavy atom. The summed E-state index contributed by atoms with van der Waals surface area (Å²) in [7, 11) is 0. The Morgan fingerprint density at radius 2 is 2.44 bits per heavy atom. The Labute approximate surface area is 96.2 Å².